The molecule has 0 fully saturated rings. The van der Waals surface area contributed by atoms with Crippen molar-refractivity contribution in [3.05, 3.63) is 248 Å². The summed E-state index contributed by atoms with van der Waals surface area (Å²) in [7, 11) is 0. The highest BCUT2D eigenvalue weighted by atomic mass is 15.1. The molecule has 0 aliphatic heterocycles. The van der Waals surface area contributed by atoms with Crippen molar-refractivity contribution in [3.8, 4) is 66.8 Å². The van der Waals surface area contributed by atoms with Crippen molar-refractivity contribution in [2.45, 2.75) is 0 Å². The van der Waals surface area contributed by atoms with Gasteiger partial charge in [-0.3, -0.25) is 0 Å². The summed E-state index contributed by atoms with van der Waals surface area (Å²) in [5.74, 6) is 0. The fourth-order valence-electron chi connectivity index (χ4n) is 7.27. The lowest BCUT2D eigenvalue weighted by molar-refractivity contribution is 1.28. The van der Waals surface area contributed by atoms with Crippen LogP contribution in [0.3, 0.4) is 0 Å². The molecule has 1 heteroatoms. The predicted octanol–water partition coefficient (Wildman–Crippen LogP) is 16.3. The highest BCUT2D eigenvalue weighted by Gasteiger charge is 2.15. The van der Waals surface area contributed by atoms with E-state index in [1.165, 1.54) is 4.90 Å². The van der Waals surface area contributed by atoms with Crippen LogP contribution in [0.25, 0.3) is 77.5 Å². The van der Waals surface area contributed by atoms with Gasteiger partial charge in [-0.25, -0.2) is 0 Å². The minimum Gasteiger partial charge on any atom is -0.311 e. The van der Waals surface area contributed by atoms with E-state index in [2.05, 4.69) is 30.3 Å². The van der Waals surface area contributed by atoms with Gasteiger partial charge in [0.2, 0.25) is 0 Å². The summed E-state index contributed by atoms with van der Waals surface area (Å²) in [5.41, 5.74) is 5.62. The summed E-state index contributed by atoms with van der Waals surface area (Å²) in [6.07, 6.45) is 0. The maximum absolute atomic E-state index is 9.71. The van der Waals surface area contributed by atoms with Crippen molar-refractivity contribution in [3.63, 3.8) is 0 Å². The van der Waals surface area contributed by atoms with E-state index < -0.39 is 95.4 Å². The summed E-state index contributed by atoms with van der Waals surface area (Å²) in [6, 6.07) is 45.6. The van der Waals surface area contributed by atoms with Crippen LogP contribution in [-0.2, 0) is 0 Å². The number of benzene rings is 10. The highest BCUT2D eigenvalue weighted by molar-refractivity contribution is 5.89. The number of anilines is 3. The van der Waals surface area contributed by atoms with E-state index >= 15 is 0 Å². The topological polar surface area (TPSA) is 3.24 Å². The van der Waals surface area contributed by atoms with Crippen molar-refractivity contribution in [2.75, 3.05) is 4.90 Å². The molecular formula is C58H41N. The van der Waals surface area contributed by atoms with Gasteiger partial charge in [0, 0.05) is 17.1 Å². The fraction of sp³-hybridized carbons (Fsp3) is 0. The van der Waals surface area contributed by atoms with Crippen molar-refractivity contribution in [2.24, 2.45) is 0 Å². The molecule has 0 aromatic heterocycles. The molecule has 10 aromatic rings. The largest absolute Gasteiger partial charge is 0.311 e. The number of hydrogen-bond acceptors (Lipinski definition) is 1. The first kappa shape index (κ1) is 24.1. The second-order valence-electron chi connectivity index (χ2n) is 14.0. The van der Waals surface area contributed by atoms with Crippen molar-refractivity contribution in [1.29, 1.82) is 0 Å². The minimum absolute atomic E-state index is 0.00129. The molecule has 0 spiro atoms. The van der Waals surface area contributed by atoms with Gasteiger partial charge in [0.15, 0.2) is 0 Å². The van der Waals surface area contributed by atoms with Crippen molar-refractivity contribution in [1.82, 2.24) is 0 Å². The first-order chi connectivity index (χ1) is 34.6. The van der Waals surface area contributed by atoms with Gasteiger partial charge in [0.05, 0.1) is 17.8 Å². The lowest BCUT2D eigenvalue weighted by Gasteiger charge is -2.26. The molecule has 0 amide bonds. The fourth-order valence-corrected chi connectivity index (χ4v) is 7.27. The molecule has 1 nitrogen and oxygen atoms in total. The molecule has 0 aliphatic carbocycles. The van der Waals surface area contributed by atoms with Gasteiger partial charge in [-0.15, -0.1) is 0 Å². The SMILES string of the molecule is [2H]c1c([2H])c([2H])c(-c2c([2H])c([2H])c(N(c3ccc(-c4cccc(-c5ccc6ccccc6c5)c4)cc3)c3c([2H])c([2H])c(-c4cc(-c5ccccc5)cc(-c5ccccc5)c4)c([2H])c3[2H])c([2H])c2[2H])c([2H])c1[2H]. The number of fused-ring (bicyclic) bond motifs is 1. The second-order valence-corrected chi connectivity index (χ2v) is 14.0. The number of rotatable bonds is 9. The van der Waals surface area contributed by atoms with Gasteiger partial charge in [0.25, 0.3) is 0 Å². The summed E-state index contributed by atoms with van der Waals surface area (Å²) in [6.45, 7) is 0. The number of hydrogen-bond donors (Lipinski definition) is 0. The van der Waals surface area contributed by atoms with Crippen LogP contribution in [-0.4, -0.2) is 0 Å². The zero-order valence-corrected chi connectivity index (χ0v) is 31.6. The highest BCUT2D eigenvalue weighted by Crippen LogP contribution is 2.39. The third-order valence-electron chi connectivity index (χ3n) is 10.3. The van der Waals surface area contributed by atoms with Gasteiger partial charge in [0.1, 0.15) is 0 Å². The maximum atomic E-state index is 9.71. The Morgan fingerprint density at radius 2 is 0.644 bits per heavy atom. The molecule has 0 saturated heterocycles. The van der Waals surface area contributed by atoms with E-state index in [0.717, 1.165) is 55.3 Å². The van der Waals surface area contributed by atoms with Crippen LogP contribution in [0, 0.1) is 0 Å². The van der Waals surface area contributed by atoms with E-state index in [0.29, 0.717) is 5.56 Å². The van der Waals surface area contributed by atoms with E-state index in [9.17, 15) is 11.0 Å². The van der Waals surface area contributed by atoms with Gasteiger partial charge < -0.3 is 4.90 Å². The van der Waals surface area contributed by atoms with Crippen molar-refractivity contribution < 1.29 is 17.8 Å². The van der Waals surface area contributed by atoms with Gasteiger partial charge in [-0.05, 0) is 144 Å². The van der Waals surface area contributed by atoms with Crippen LogP contribution in [0.15, 0.2) is 248 Å². The second kappa shape index (κ2) is 16.0. The van der Waals surface area contributed by atoms with E-state index in [-0.39, 0.29) is 16.9 Å². The zero-order valence-electron chi connectivity index (χ0n) is 44.6. The van der Waals surface area contributed by atoms with Gasteiger partial charge in [-0.2, -0.15) is 0 Å². The quantitative estimate of drug-likeness (QED) is 0.141. The molecule has 0 atom stereocenters. The smallest absolute Gasteiger partial charge is 0.0645 e. The summed E-state index contributed by atoms with van der Waals surface area (Å²) >= 11 is 0. The van der Waals surface area contributed by atoms with Crippen LogP contribution in [0.4, 0.5) is 17.1 Å². The minimum atomic E-state index is -0.741. The van der Waals surface area contributed by atoms with Crippen LogP contribution < -0.4 is 4.90 Å². The third kappa shape index (κ3) is 7.58. The third-order valence-corrected chi connectivity index (χ3v) is 10.3. The Balaban J connectivity index is 1.17. The van der Waals surface area contributed by atoms with E-state index in [1.807, 2.05) is 115 Å². The molecule has 10 aromatic carbocycles. The molecule has 0 saturated carbocycles. The molecule has 59 heavy (non-hydrogen) atoms. The molecule has 278 valence electrons. The monoisotopic (exact) mass is 764 g/mol. The summed E-state index contributed by atoms with van der Waals surface area (Å²) in [4.78, 5) is 1.18. The molecule has 0 radical (unpaired) electrons. The number of nitrogens with zero attached hydrogens (tertiary/aromatic N) is 1. The Morgan fingerprint density at radius 3 is 1.24 bits per heavy atom. The normalized spacial score (nSPS) is 14.1. The van der Waals surface area contributed by atoms with Gasteiger partial charge in [-0.1, -0.05) is 182 Å². The lowest BCUT2D eigenvalue weighted by Crippen LogP contribution is -2.09. The molecular weight excluding hydrogens is 711 g/mol. The zero-order chi connectivity index (χ0) is 50.7. The first-order valence-electron chi connectivity index (χ1n) is 25.7. The lowest BCUT2D eigenvalue weighted by atomic mass is 9.93. The standard InChI is InChI=1S/C58H41N/c1-4-13-42(14-5-1)46-25-31-56(32-26-46)59(57-33-27-47(28-34-57)50-21-12-22-51(37-50)52-24-23-45-19-10-11-20-49(45)38-52)58-35-29-48(30-36-58)55-40-53(43-15-6-2-7-16-43)39-54(41-55)44-17-8-3-9-18-44/h1-41H/i1D,4D,5D,13D,14D,25D,26D,29D,30D,31D,32D,35D,36D. The van der Waals surface area contributed by atoms with Crippen LogP contribution in [0.5, 0.6) is 0 Å². The first-order valence-corrected chi connectivity index (χ1v) is 19.2. The van der Waals surface area contributed by atoms with E-state index in [4.69, 9.17) is 6.85 Å². The maximum Gasteiger partial charge on any atom is 0.0645 e. The predicted molar refractivity (Wildman–Crippen MR) is 251 cm³/mol. The molecule has 0 bridgehead atoms. The molecule has 0 aliphatic rings. The Morgan fingerprint density at radius 1 is 0.237 bits per heavy atom. The molecule has 10 rings (SSSR count). The average molecular weight is 765 g/mol. The Kier molecular flexibility index (Phi) is 6.55. The summed E-state index contributed by atoms with van der Waals surface area (Å²) < 4.78 is 118. The van der Waals surface area contributed by atoms with Crippen LogP contribution in [0.2, 0.25) is 0 Å². The Bertz CT molecular complexity index is 3640. The molecule has 0 N–H and O–H groups in total. The van der Waals surface area contributed by atoms with Gasteiger partial charge >= 0.3 is 0 Å². The van der Waals surface area contributed by atoms with Crippen LogP contribution in [0.1, 0.15) is 17.8 Å². The van der Waals surface area contributed by atoms with Crippen LogP contribution >= 0.6 is 0 Å². The Labute approximate surface area is 365 Å². The molecule has 0 heterocycles. The average Bonchev–Trinajstić information content (AvgIpc) is 3.41. The summed E-state index contributed by atoms with van der Waals surface area (Å²) in [5, 5.41) is 2.22. The van der Waals surface area contributed by atoms with Crippen molar-refractivity contribution >= 4 is 27.8 Å². The molecule has 0 unspecified atom stereocenters. The van der Waals surface area contributed by atoms with E-state index in [1.54, 1.807) is 24.3 Å². The Hall–Kier alpha value is -7.74.